The second-order valence-corrected chi connectivity index (χ2v) is 8.77. The van der Waals surface area contributed by atoms with E-state index in [-0.39, 0.29) is 11.9 Å². The van der Waals surface area contributed by atoms with Gasteiger partial charge in [-0.15, -0.1) is 11.3 Å². The minimum Gasteiger partial charge on any atom is -0.457 e. The molecular weight excluding hydrogens is 422 g/mol. The fourth-order valence-corrected chi connectivity index (χ4v) is 3.85. The quantitative estimate of drug-likeness (QED) is 0.438. The molecule has 1 N–H and O–H groups in total. The van der Waals surface area contributed by atoms with Crippen molar-refractivity contribution in [3.8, 4) is 22.1 Å². The van der Waals surface area contributed by atoms with Crippen molar-refractivity contribution in [2.75, 3.05) is 0 Å². The maximum atomic E-state index is 13.1. The van der Waals surface area contributed by atoms with Crippen LogP contribution in [0.1, 0.15) is 45.3 Å². The van der Waals surface area contributed by atoms with Crippen molar-refractivity contribution in [2.24, 2.45) is 0 Å². The molecule has 1 aromatic carbocycles. The number of thiazole rings is 1. The van der Waals surface area contributed by atoms with E-state index in [2.05, 4.69) is 25.3 Å². The van der Waals surface area contributed by atoms with Crippen LogP contribution in [0.15, 0.2) is 55.1 Å². The van der Waals surface area contributed by atoms with Crippen molar-refractivity contribution in [3.63, 3.8) is 0 Å². The van der Waals surface area contributed by atoms with E-state index >= 15 is 0 Å². The molecule has 4 aromatic rings. The molecule has 162 valence electrons. The van der Waals surface area contributed by atoms with E-state index in [1.807, 2.05) is 52.1 Å². The van der Waals surface area contributed by atoms with E-state index in [0.29, 0.717) is 22.8 Å². The molecule has 3 heterocycles. The first-order valence-corrected chi connectivity index (χ1v) is 11.0. The monoisotopic (exact) mass is 445 g/mol. The Morgan fingerprint density at radius 3 is 2.47 bits per heavy atom. The van der Waals surface area contributed by atoms with Gasteiger partial charge in [0.05, 0.1) is 23.6 Å². The van der Waals surface area contributed by atoms with Crippen LogP contribution in [0.25, 0.3) is 10.6 Å². The summed E-state index contributed by atoms with van der Waals surface area (Å²) in [5.41, 5.74) is 3.66. The Morgan fingerprint density at radius 2 is 1.78 bits per heavy atom. The van der Waals surface area contributed by atoms with Crippen LogP contribution in [-0.2, 0) is 0 Å². The van der Waals surface area contributed by atoms with Crippen LogP contribution in [0.5, 0.6) is 11.5 Å². The fraction of sp³-hybridized carbons (Fsp3) is 0.208. The van der Waals surface area contributed by atoms with Crippen molar-refractivity contribution >= 4 is 17.2 Å². The molecule has 7 nitrogen and oxygen atoms in total. The van der Waals surface area contributed by atoms with Gasteiger partial charge in [0.25, 0.3) is 5.91 Å². The van der Waals surface area contributed by atoms with Gasteiger partial charge in [-0.1, -0.05) is 0 Å². The van der Waals surface area contributed by atoms with E-state index in [0.717, 1.165) is 26.8 Å². The molecule has 32 heavy (non-hydrogen) atoms. The summed E-state index contributed by atoms with van der Waals surface area (Å²) < 4.78 is 6.06. The summed E-state index contributed by atoms with van der Waals surface area (Å²) in [7, 11) is 0. The third-order valence-corrected chi connectivity index (χ3v) is 5.69. The highest BCUT2D eigenvalue weighted by Crippen LogP contribution is 2.32. The van der Waals surface area contributed by atoms with E-state index in [1.54, 1.807) is 42.1 Å². The number of hydrogen-bond acceptors (Lipinski definition) is 7. The van der Waals surface area contributed by atoms with Gasteiger partial charge in [-0.2, -0.15) is 0 Å². The van der Waals surface area contributed by atoms with Crippen molar-refractivity contribution in [1.29, 1.82) is 0 Å². The SMILES string of the molecule is Cc1cnc(C(C)NC(=O)c2cc(Oc3ccnc(C)c3)cc(-c3ncc(C)s3)c2)cn1. The van der Waals surface area contributed by atoms with Gasteiger partial charge in [0, 0.05) is 46.4 Å². The Labute approximate surface area is 190 Å². The van der Waals surface area contributed by atoms with Gasteiger partial charge in [0.15, 0.2) is 0 Å². The van der Waals surface area contributed by atoms with Crippen LogP contribution in [-0.4, -0.2) is 25.8 Å². The van der Waals surface area contributed by atoms with Crippen molar-refractivity contribution in [1.82, 2.24) is 25.3 Å². The lowest BCUT2D eigenvalue weighted by molar-refractivity contribution is 0.0939. The number of aryl methyl sites for hydroxylation is 3. The van der Waals surface area contributed by atoms with Crippen LogP contribution in [0.3, 0.4) is 0 Å². The second kappa shape index (κ2) is 9.23. The Morgan fingerprint density at radius 1 is 0.938 bits per heavy atom. The van der Waals surface area contributed by atoms with E-state index in [4.69, 9.17) is 4.74 Å². The van der Waals surface area contributed by atoms with Gasteiger partial charge in [-0.3, -0.25) is 19.7 Å². The first-order valence-electron chi connectivity index (χ1n) is 10.1. The molecule has 0 saturated carbocycles. The Bertz CT molecular complexity index is 1250. The highest BCUT2D eigenvalue weighted by molar-refractivity contribution is 7.14. The zero-order chi connectivity index (χ0) is 22.7. The molecule has 0 fully saturated rings. The van der Waals surface area contributed by atoms with Gasteiger partial charge in [-0.25, -0.2) is 4.98 Å². The normalized spacial score (nSPS) is 11.8. The predicted molar refractivity (Wildman–Crippen MR) is 124 cm³/mol. The number of hydrogen-bond donors (Lipinski definition) is 1. The van der Waals surface area contributed by atoms with Crippen molar-refractivity contribution < 1.29 is 9.53 Å². The molecule has 3 aromatic heterocycles. The molecule has 1 amide bonds. The topological polar surface area (TPSA) is 89.9 Å². The average molecular weight is 446 g/mol. The molecule has 1 atom stereocenters. The lowest BCUT2D eigenvalue weighted by atomic mass is 10.1. The molecule has 4 rings (SSSR count). The van der Waals surface area contributed by atoms with Crippen LogP contribution < -0.4 is 10.1 Å². The van der Waals surface area contributed by atoms with Crippen LogP contribution in [0, 0.1) is 20.8 Å². The Balaban J connectivity index is 1.65. The highest BCUT2D eigenvalue weighted by Gasteiger charge is 2.16. The third-order valence-electron chi connectivity index (χ3n) is 4.73. The van der Waals surface area contributed by atoms with Gasteiger partial charge in [0.1, 0.15) is 16.5 Å². The summed E-state index contributed by atoms with van der Waals surface area (Å²) >= 11 is 1.56. The molecular formula is C24H23N5O2S. The summed E-state index contributed by atoms with van der Waals surface area (Å²) in [4.78, 5) is 31.5. The molecule has 0 spiro atoms. The standard InChI is InChI=1S/C24H23N5O2S/c1-14-7-20(5-6-25-14)31-21-9-18(8-19(10-21)24-28-12-16(3)32-24)23(30)29-17(4)22-13-26-15(2)11-27-22/h5-13,17H,1-4H3,(H,29,30). The zero-order valence-corrected chi connectivity index (χ0v) is 19.1. The number of carbonyl (C=O) groups excluding carboxylic acids is 1. The van der Waals surface area contributed by atoms with E-state index in [1.165, 1.54) is 0 Å². The molecule has 0 aliphatic rings. The molecule has 8 heteroatoms. The summed E-state index contributed by atoms with van der Waals surface area (Å²) in [5.74, 6) is 0.972. The van der Waals surface area contributed by atoms with Crippen molar-refractivity contribution in [3.05, 3.63) is 82.6 Å². The van der Waals surface area contributed by atoms with Gasteiger partial charge >= 0.3 is 0 Å². The number of nitrogens with one attached hydrogen (secondary N) is 1. The van der Waals surface area contributed by atoms with Crippen LogP contribution >= 0.6 is 11.3 Å². The summed E-state index contributed by atoms with van der Waals surface area (Å²) in [6, 6.07) is 8.77. The molecule has 0 bridgehead atoms. The summed E-state index contributed by atoms with van der Waals surface area (Å²) in [6.07, 6.45) is 6.87. The molecule has 0 saturated heterocycles. The van der Waals surface area contributed by atoms with Crippen molar-refractivity contribution in [2.45, 2.75) is 33.7 Å². The second-order valence-electron chi connectivity index (χ2n) is 7.53. The fourth-order valence-electron chi connectivity index (χ4n) is 3.10. The smallest absolute Gasteiger partial charge is 0.251 e. The van der Waals surface area contributed by atoms with Gasteiger partial charge in [0.2, 0.25) is 0 Å². The third kappa shape index (κ3) is 5.15. The van der Waals surface area contributed by atoms with Crippen LogP contribution in [0.2, 0.25) is 0 Å². The number of benzene rings is 1. The number of rotatable bonds is 6. The predicted octanol–water partition coefficient (Wildman–Crippen LogP) is 5.20. The molecule has 0 aliphatic heterocycles. The van der Waals surface area contributed by atoms with Gasteiger partial charge in [-0.05, 0) is 52.0 Å². The number of carbonyl (C=O) groups is 1. The molecule has 0 radical (unpaired) electrons. The Kier molecular flexibility index (Phi) is 6.23. The summed E-state index contributed by atoms with van der Waals surface area (Å²) in [5, 5.41) is 3.82. The maximum Gasteiger partial charge on any atom is 0.251 e. The number of aromatic nitrogens is 4. The molecule has 1 unspecified atom stereocenters. The van der Waals surface area contributed by atoms with Crippen LogP contribution in [0.4, 0.5) is 0 Å². The Hall–Kier alpha value is -3.65. The average Bonchev–Trinajstić information content (AvgIpc) is 3.20. The highest BCUT2D eigenvalue weighted by atomic mass is 32.1. The number of nitrogens with zero attached hydrogens (tertiary/aromatic N) is 4. The van der Waals surface area contributed by atoms with Gasteiger partial charge < -0.3 is 10.1 Å². The first kappa shape index (κ1) is 21.6. The number of ether oxygens (including phenoxy) is 1. The molecule has 0 aliphatic carbocycles. The minimum atomic E-state index is -0.298. The number of amides is 1. The lowest BCUT2D eigenvalue weighted by Gasteiger charge is -2.15. The maximum absolute atomic E-state index is 13.1. The zero-order valence-electron chi connectivity index (χ0n) is 18.3. The summed E-state index contributed by atoms with van der Waals surface area (Å²) in [6.45, 7) is 7.65. The largest absolute Gasteiger partial charge is 0.457 e. The minimum absolute atomic E-state index is 0.231. The first-order chi connectivity index (χ1) is 15.4. The van der Waals surface area contributed by atoms with E-state index in [9.17, 15) is 4.79 Å². The van der Waals surface area contributed by atoms with E-state index < -0.39 is 0 Å². The lowest BCUT2D eigenvalue weighted by Crippen LogP contribution is -2.27. The number of pyridine rings is 1.